The summed E-state index contributed by atoms with van der Waals surface area (Å²) in [6.07, 6.45) is 1.89. The normalized spacial score (nSPS) is 12.6. The zero-order chi connectivity index (χ0) is 37.1. The number of fused-ring (bicyclic) bond motifs is 7. The molecule has 4 heterocycles. The van der Waals surface area contributed by atoms with Crippen molar-refractivity contribution in [3.63, 3.8) is 0 Å². The van der Waals surface area contributed by atoms with E-state index < -0.39 is 0 Å². The van der Waals surface area contributed by atoms with Crippen LogP contribution in [0.5, 0.6) is 0 Å². The predicted molar refractivity (Wildman–Crippen MR) is 232 cm³/mol. The van der Waals surface area contributed by atoms with E-state index in [0.29, 0.717) is 0 Å². The average molecular weight is 961 g/mol. The summed E-state index contributed by atoms with van der Waals surface area (Å²) in [6, 6.07) is 64.1. The van der Waals surface area contributed by atoms with Crippen LogP contribution < -0.4 is 0 Å². The van der Waals surface area contributed by atoms with E-state index in [1.165, 1.54) is 55.1 Å². The predicted octanol–water partition coefficient (Wildman–Crippen LogP) is 13.6. The van der Waals surface area contributed by atoms with Crippen molar-refractivity contribution in [3.05, 3.63) is 198 Å². The summed E-state index contributed by atoms with van der Waals surface area (Å²) >= 11 is 3.46. The van der Waals surface area contributed by atoms with Crippen LogP contribution in [0.1, 0.15) is 25.0 Å². The van der Waals surface area contributed by atoms with Crippen LogP contribution in [0.4, 0.5) is 0 Å². The molecule has 0 atom stereocenters. The molecule has 0 amide bonds. The molecule has 5 heteroatoms. The van der Waals surface area contributed by atoms with Crippen molar-refractivity contribution in [1.82, 2.24) is 14.5 Å². The molecule has 1 aliphatic heterocycles. The second-order valence-corrected chi connectivity index (χ2v) is 15.5. The number of hydrogen-bond acceptors (Lipinski definition) is 2. The number of nitrogens with zero attached hydrogens (tertiary/aromatic N) is 3. The van der Waals surface area contributed by atoms with Gasteiger partial charge in [-0.2, -0.15) is 0 Å². The van der Waals surface area contributed by atoms with E-state index in [-0.39, 0.29) is 25.5 Å². The molecule has 1 radical (unpaired) electrons. The number of para-hydroxylation sites is 3. The van der Waals surface area contributed by atoms with Gasteiger partial charge in [0.05, 0.1) is 22.2 Å². The van der Waals surface area contributed by atoms with Gasteiger partial charge in [-0.15, -0.1) is 65.2 Å². The molecule has 0 aliphatic carbocycles. The minimum atomic E-state index is -0.0566. The Bertz CT molecular complexity index is 3100. The first-order chi connectivity index (χ1) is 26.9. The van der Waals surface area contributed by atoms with Crippen LogP contribution in [0.15, 0.2) is 174 Å². The van der Waals surface area contributed by atoms with Crippen LogP contribution in [-0.2, 0) is 25.5 Å². The summed E-state index contributed by atoms with van der Waals surface area (Å²) in [4.78, 5) is 9.37. The Balaban J connectivity index is 0.000000191. The average Bonchev–Trinajstić information content (AvgIpc) is 3.57. The van der Waals surface area contributed by atoms with Gasteiger partial charge < -0.3 is 9.55 Å². The molecule has 1 aliphatic rings. The molecule has 10 aromatic rings. The topological polar surface area (TPSA) is 30.7 Å². The Hall–Kier alpha value is -5.71. The first kappa shape index (κ1) is 36.0. The molecule has 0 saturated heterocycles. The van der Waals surface area contributed by atoms with E-state index in [1.807, 2.05) is 54.7 Å². The van der Waals surface area contributed by atoms with E-state index in [1.54, 1.807) is 0 Å². The van der Waals surface area contributed by atoms with Crippen LogP contribution >= 0.6 is 15.9 Å². The van der Waals surface area contributed by atoms with Crippen molar-refractivity contribution in [1.29, 1.82) is 0 Å². The molecule has 0 spiro atoms. The van der Waals surface area contributed by atoms with Gasteiger partial charge in [-0.1, -0.05) is 131 Å². The van der Waals surface area contributed by atoms with Gasteiger partial charge in [0.15, 0.2) is 0 Å². The smallest absolute Gasteiger partial charge is 0.0595 e. The molecule has 3 nitrogen and oxygen atoms in total. The van der Waals surface area contributed by atoms with Crippen molar-refractivity contribution in [2.75, 3.05) is 0 Å². The number of pyridine rings is 2. The maximum Gasteiger partial charge on any atom is 0.0595 e. The number of halogens is 1. The van der Waals surface area contributed by atoms with Gasteiger partial charge in [0.1, 0.15) is 0 Å². The molecule has 7 aromatic carbocycles. The van der Waals surface area contributed by atoms with Crippen LogP contribution in [0.3, 0.4) is 0 Å². The van der Waals surface area contributed by atoms with Gasteiger partial charge in [0, 0.05) is 42.5 Å². The van der Waals surface area contributed by atoms with Crippen molar-refractivity contribution < 1.29 is 20.1 Å². The third kappa shape index (κ3) is 6.08. The van der Waals surface area contributed by atoms with Gasteiger partial charge in [0.2, 0.25) is 0 Å². The van der Waals surface area contributed by atoms with Crippen molar-refractivity contribution in [2.45, 2.75) is 19.3 Å². The molecular formula is C51H34BrIrN3-2. The Morgan fingerprint density at radius 3 is 2.21 bits per heavy atom. The van der Waals surface area contributed by atoms with Crippen LogP contribution in [0.2, 0.25) is 0 Å². The Kier molecular flexibility index (Phi) is 9.26. The Morgan fingerprint density at radius 2 is 1.32 bits per heavy atom. The van der Waals surface area contributed by atoms with E-state index in [2.05, 4.69) is 167 Å². The van der Waals surface area contributed by atoms with Crippen molar-refractivity contribution in [3.8, 4) is 39.3 Å². The van der Waals surface area contributed by atoms with Crippen LogP contribution in [0, 0.1) is 12.1 Å². The summed E-state index contributed by atoms with van der Waals surface area (Å²) in [5, 5.41) is 6.08. The zero-order valence-corrected chi connectivity index (χ0v) is 34.7. The number of hydrogen-bond donors (Lipinski definition) is 0. The molecule has 0 N–H and O–H groups in total. The van der Waals surface area contributed by atoms with E-state index in [9.17, 15) is 0 Å². The summed E-state index contributed by atoms with van der Waals surface area (Å²) < 4.78 is 3.51. The molecule has 11 rings (SSSR count). The van der Waals surface area contributed by atoms with E-state index >= 15 is 0 Å². The molecule has 3 aromatic heterocycles. The number of rotatable bonds is 3. The summed E-state index contributed by atoms with van der Waals surface area (Å²) in [6.45, 7) is 4.69. The second-order valence-electron chi connectivity index (χ2n) is 14.6. The summed E-state index contributed by atoms with van der Waals surface area (Å²) in [7, 11) is 0. The first-order valence-corrected chi connectivity index (χ1v) is 19.3. The first-order valence-electron chi connectivity index (χ1n) is 18.5. The van der Waals surface area contributed by atoms with Gasteiger partial charge in [-0.05, 0) is 74.6 Å². The third-order valence-electron chi connectivity index (χ3n) is 11.0. The monoisotopic (exact) mass is 960 g/mol. The molecule has 0 unspecified atom stereocenters. The van der Waals surface area contributed by atoms with Gasteiger partial charge >= 0.3 is 0 Å². The fraction of sp³-hybridized carbons (Fsp3) is 0.0588. The fourth-order valence-corrected chi connectivity index (χ4v) is 8.63. The third-order valence-corrected chi connectivity index (χ3v) is 11.5. The van der Waals surface area contributed by atoms with Gasteiger partial charge in [-0.25, -0.2) is 0 Å². The van der Waals surface area contributed by atoms with E-state index in [4.69, 9.17) is 4.98 Å². The second kappa shape index (κ2) is 14.4. The molecule has 0 fully saturated rings. The molecular weight excluding hydrogens is 927 g/mol. The standard InChI is InChI=1S/C36H25N2.C15H9BrN.Ir/c1-36(2)30-14-5-6-16-33(30)38-32-18-17-25(22-29(32)28-13-8-15-31(36)35(28)38)24-10-7-11-26(21-24)34-27-12-4-3-9-23(27)19-20-37-34;16-13-6-3-5-12(10-13)15-9-8-11-4-1-2-7-14(11)17-15;/h3-10,12-22H,1-2H3;1-4,6-10H;/q2*-1;. The number of benzene rings is 7. The summed E-state index contributed by atoms with van der Waals surface area (Å²) in [5.41, 5.74) is 13.9. The van der Waals surface area contributed by atoms with Crippen molar-refractivity contribution in [2.24, 2.45) is 0 Å². The van der Waals surface area contributed by atoms with Crippen LogP contribution in [0.25, 0.3) is 82.8 Å². The molecule has 0 bridgehead atoms. The van der Waals surface area contributed by atoms with Crippen molar-refractivity contribution >= 4 is 59.4 Å². The Labute approximate surface area is 348 Å². The van der Waals surface area contributed by atoms with Crippen LogP contribution in [-0.4, -0.2) is 14.5 Å². The SMILES string of the molecule is Brc1cc[c-]c(-c2ccc3ccccc3n2)c1.CC1(C)c2ccccc2-n2c3ccc(-c4cc[c-]c(-c5nccc6ccccc56)c4)cc3c3cccc1c32.[Ir]. The maximum absolute atomic E-state index is 4.73. The minimum Gasteiger partial charge on any atom is -0.309 e. The molecule has 0 saturated carbocycles. The quantitative estimate of drug-likeness (QED) is 0.165. The largest absolute Gasteiger partial charge is 0.309 e. The minimum absolute atomic E-state index is 0. The number of aromatic nitrogens is 3. The van der Waals surface area contributed by atoms with Gasteiger partial charge in [0.25, 0.3) is 0 Å². The summed E-state index contributed by atoms with van der Waals surface area (Å²) in [5.74, 6) is 0. The molecule has 271 valence electrons. The maximum atomic E-state index is 4.73. The van der Waals surface area contributed by atoms with Gasteiger partial charge in [-0.3, -0.25) is 4.98 Å². The zero-order valence-electron chi connectivity index (χ0n) is 30.7. The fourth-order valence-electron chi connectivity index (χ4n) is 8.27. The Morgan fingerprint density at radius 1 is 0.589 bits per heavy atom. The van der Waals surface area contributed by atoms with E-state index in [0.717, 1.165) is 43.3 Å². The molecule has 56 heavy (non-hydrogen) atoms.